The van der Waals surface area contributed by atoms with Crippen molar-refractivity contribution in [1.82, 2.24) is 0 Å². The van der Waals surface area contributed by atoms with E-state index in [-0.39, 0.29) is 12.5 Å². The Morgan fingerprint density at radius 1 is 1.53 bits per heavy atom. The number of hydrogen-bond donors (Lipinski definition) is 1. The summed E-state index contributed by atoms with van der Waals surface area (Å²) in [4.78, 5) is 13.3. The number of carbonyl (C=O) groups is 1. The molecule has 0 atom stereocenters. The number of likely N-dealkylation sites (N-methyl/N-ethyl adjacent to an activating group) is 1. The van der Waals surface area contributed by atoms with Gasteiger partial charge in [-0.1, -0.05) is 12.2 Å². The molecule has 0 aromatic heterocycles. The Morgan fingerprint density at radius 3 is 2.65 bits per heavy atom. The number of hydrogen-bond acceptors (Lipinski definition) is 4. The number of aryl methyl sites for hydroxylation is 1. The second-order valence-corrected chi connectivity index (χ2v) is 4.24. The minimum absolute atomic E-state index is 0.211. The third-order valence-corrected chi connectivity index (χ3v) is 2.73. The Bertz CT molecular complexity index is 446. The molecule has 17 heavy (non-hydrogen) atoms. The van der Waals surface area contributed by atoms with Crippen molar-refractivity contribution in [3.05, 3.63) is 29.3 Å². The van der Waals surface area contributed by atoms with Crippen molar-refractivity contribution in [2.24, 2.45) is 5.73 Å². The molecule has 1 aromatic rings. The van der Waals surface area contributed by atoms with E-state index in [0.29, 0.717) is 4.99 Å². The highest BCUT2D eigenvalue weighted by molar-refractivity contribution is 7.80. The van der Waals surface area contributed by atoms with Gasteiger partial charge >= 0.3 is 5.97 Å². The lowest BCUT2D eigenvalue weighted by Crippen LogP contribution is -2.26. The second-order valence-electron chi connectivity index (χ2n) is 3.80. The maximum absolute atomic E-state index is 11.2. The van der Waals surface area contributed by atoms with Gasteiger partial charge in [-0.25, -0.2) is 0 Å². The fraction of sp³-hybridized carbons (Fsp3) is 0.333. The molecule has 0 aliphatic carbocycles. The molecule has 0 saturated carbocycles. The fourth-order valence-electron chi connectivity index (χ4n) is 1.51. The standard InChI is InChI=1S/C12H16N2O2S/c1-8-6-9(4-5-10(8)12(13)17)14(2)7-11(15)16-3/h4-6H,7H2,1-3H3,(H2,13,17). The number of benzene rings is 1. The first-order valence-electron chi connectivity index (χ1n) is 5.14. The third kappa shape index (κ3) is 3.42. The Kier molecular flexibility index (Phi) is 4.45. The number of carbonyl (C=O) groups excluding carboxylic acids is 1. The molecule has 0 amide bonds. The summed E-state index contributed by atoms with van der Waals surface area (Å²) in [6, 6.07) is 5.68. The van der Waals surface area contributed by atoms with Crippen LogP contribution in [0.4, 0.5) is 5.69 Å². The molecule has 2 N–H and O–H groups in total. The molecule has 1 rings (SSSR count). The van der Waals surface area contributed by atoms with Gasteiger partial charge in [0.25, 0.3) is 0 Å². The van der Waals surface area contributed by atoms with Crippen LogP contribution in [0.1, 0.15) is 11.1 Å². The minimum atomic E-state index is -0.274. The number of ether oxygens (including phenoxy) is 1. The van der Waals surface area contributed by atoms with Gasteiger partial charge in [-0.15, -0.1) is 0 Å². The monoisotopic (exact) mass is 252 g/mol. The molecule has 0 heterocycles. The topological polar surface area (TPSA) is 55.6 Å². The highest BCUT2D eigenvalue weighted by Crippen LogP contribution is 2.18. The van der Waals surface area contributed by atoms with E-state index < -0.39 is 0 Å². The predicted molar refractivity (Wildman–Crippen MR) is 72.4 cm³/mol. The van der Waals surface area contributed by atoms with Crippen molar-refractivity contribution in [3.8, 4) is 0 Å². The van der Waals surface area contributed by atoms with Crippen LogP contribution in [0.15, 0.2) is 18.2 Å². The molecule has 92 valence electrons. The normalized spacial score (nSPS) is 9.82. The van der Waals surface area contributed by atoms with Gasteiger partial charge in [0, 0.05) is 18.3 Å². The van der Waals surface area contributed by atoms with Crippen molar-refractivity contribution >= 4 is 28.9 Å². The summed E-state index contributed by atoms with van der Waals surface area (Å²) in [6.07, 6.45) is 0. The highest BCUT2D eigenvalue weighted by Gasteiger charge is 2.09. The molecule has 0 radical (unpaired) electrons. The summed E-state index contributed by atoms with van der Waals surface area (Å²) < 4.78 is 4.61. The zero-order chi connectivity index (χ0) is 13.0. The van der Waals surface area contributed by atoms with Crippen LogP contribution in [0.5, 0.6) is 0 Å². The van der Waals surface area contributed by atoms with Crippen LogP contribution in [0.3, 0.4) is 0 Å². The SMILES string of the molecule is COC(=O)CN(C)c1ccc(C(N)=S)c(C)c1. The second kappa shape index (κ2) is 5.63. The van der Waals surface area contributed by atoms with Crippen molar-refractivity contribution in [2.75, 3.05) is 25.6 Å². The number of methoxy groups -OCH3 is 1. The van der Waals surface area contributed by atoms with Crippen LogP contribution >= 0.6 is 12.2 Å². The molecule has 0 saturated heterocycles. The maximum Gasteiger partial charge on any atom is 0.325 e. The lowest BCUT2D eigenvalue weighted by Gasteiger charge is -2.19. The lowest BCUT2D eigenvalue weighted by molar-refractivity contribution is -0.138. The summed E-state index contributed by atoms with van der Waals surface area (Å²) in [5.74, 6) is -0.274. The largest absolute Gasteiger partial charge is 0.468 e. The first kappa shape index (κ1) is 13.4. The Morgan fingerprint density at radius 2 is 2.18 bits per heavy atom. The number of nitrogens with zero attached hydrogens (tertiary/aromatic N) is 1. The smallest absolute Gasteiger partial charge is 0.325 e. The van der Waals surface area contributed by atoms with E-state index >= 15 is 0 Å². The van der Waals surface area contributed by atoms with Gasteiger partial charge in [0.2, 0.25) is 0 Å². The zero-order valence-electron chi connectivity index (χ0n) is 10.2. The summed E-state index contributed by atoms with van der Waals surface area (Å²) in [5, 5.41) is 0. The summed E-state index contributed by atoms with van der Waals surface area (Å²) in [5.41, 5.74) is 8.36. The summed E-state index contributed by atoms with van der Waals surface area (Å²) in [6.45, 7) is 2.15. The molecule has 5 heteroatoms. The molecule has 0 aliphatic heterocycles. The van der Waals surface area contributed by atoms with Crippen LogP contribution < -0.4 is 10.6 Å². The van der Waals surface area contributed by atoms with Gasteiger partial charge in [0.1, 0.15) is 11.5 Å². The van der Waals surface area contributed by atoms with E-state index in [1.54, 1.807) is 0 Å². The van der Waals surface area contributed by atoms with Crippen LogP contribution in [0.25, 0.3) is 0 Å². The minimum Gasteiger partial charge on any atom is -0.468 e. The van der Waals surface area contributed by atoms with Gasteiger partial charge in [-0.05, 0) is 30.7 Å². The summed E-state index contributed by atoms with van der Waals surface area (Å²) >= 11 is 4.94. The predicted octanol–water partition coefficient (Wildman–Crippen LogP) is 1.24. The molecular weight excluding hydrogens is 236 g/mol. The summed E-state index contributed by atoms with van der Waals surface area (Å²) in [7, 11) is 3.20. The van der Waals surface area contributed by atoms with Gasteiger partial charge in [0.05, 0.1) is 7.11 Å². The number of anilines is 1. The molecule has 0 bridgehead atoms. The van der Waals surface area contributed by atoms with Crippen molar-refractivity contribution in [1.29, 1.82) is 0 Å². The van der Waals surface area contributed by atoms with E-state index in [1.165, 1.54) is 7.11 Å². The number of thiocarbonyl (C=S) groups is 1. The van der Waals surface area contributed by atoms with Crippen LogP contribution in [0, 0.1) is 6.92 Å². The number of rotatable bonds is 4. The fourth-order valence-corrected chi connectivity index (χ4v) is 1.74. The van der Waals surface area contributed by atoms with E-state index in [4.69, 9.17) is 18.0 Å². The highest BCUT2D eigenvalue weighted by atomic mass is 32.1. The van der Waals surface area contributed by atoms with Crippen molar-refractivity contribution < 1.29 is 9.53 Å². The molecule has 1 aromatic carbocycles. The van der Waals surface area contributed by atoms with E-state index in [9.17, 15) is 4.79 Å². The molecular formula is C12H16N2O2S. The molecule has 4 nitrogen and oxygen atoms in total. The number of esters is 1. The molecule has 0 unspecified atom stereocenters. The Labute approximate surface area is 106 Å². The van der Waals surface area contributed by atoms with Gasteiger partial charge < -0.3 is 15.4 Å². The molecule has 0 spiro atoms. The van der Waals surface area contributed by atoms with Crippen molar-refractivity contribution in [2.45, 2.75) is 6.92 Å². The average molecular weight is 252 g/mol. The average Bonchev–Trinajstić information content (AvgIpc) is 2.28. The number of nitrogens with two attached hydrogens (primary N) is 1. The maximum atomic E-state index is 11.2. The Balaban J connectivity index is 2.89. The third-order valence-electron chi connectivity index (χ3n) is 2.51. The van der Waals surface area contributed by atoms with Gasteiger partial charge in [-0.2, -0.15) is 0 Å². The van der Waals surface area contributed by atoms with Gasteiger partial charge in [0.15, 0.2) is 0 Å². The lowest BCUT2D eigenvalue weighted by atomic mass is 10.1. The molecule has 0 fully saturated rings. The van der Waals surface area contributed by atoms with Crippen LogP contribution in [0.2, 0.25) is 0 Å². The van der Waals surface area contributed by atoms with Gasteiger partial charge in [-0.3, -0.25) is 4.79 Å². The Hall–Kier alpha value is -1.62. The van der Waals surface area contributed by atoms with Crippen LogP contribution in [-0.2, 0) is 9.53 Å². The van der Waals surface area contributed by atoms with E-state index in [1.807, 2.05) is 37.1 Å². The molecule has 0 aliphatic rings. The quantitative estimate of drug-likeness (QED) is 0.645. The van der Waals surface area contributed by atoms with E-state index in [2.05, 4.69) is 4.74 Å². The van der Waals surface area contributed by atoms with Crippen molar-refractivity contribution in [3.63, 3.8) is 0 Å². The first-order chi connectivity index (χ1) is 7.95. The van der Waals surface area contributed by atoms with E-state index in [0.717, 1.165) is 16.8 Å². The first-order valence-corrected chi connectivity index (χ1v) is 5.55. The zero-order valence-corrected chi connectivity index (χ0v) is 11.0. The van der Waals surface area contributed by atoms with Crippen LogP contribution in [-0.4, -0.2) is 31.7 Å².